The molecule has 0 aliphatic heterocycles. The van der Waals surface area contributed by atoms with Crippen LogP contribution >= 0.6 is 0 Å². The lowest BCUT2D eigenvalue weighted by Crippen LogP contribution is -2.39. The Bertz CT molecular complexity index is 125. The van der Waals surface area contributed by atoms with Gasteiger partial charge in [-0.2, -0.15) is 0 Å². The molecule has 2 unspecified atom stereocenters. The van der Waals surface area contributed by atoms with Crippen LogP contribution in [0, 0.1) is 5.92 Å². The van der Waals surface area contributed by atoms with Crippen LogP contribution in [0.5, 0.6) is 0 Å². The van der Waals surface area contributed by atoms with E-state index in [0.29, 0.717) is 12.1 Å². The quantitative estimate of drug-likeness (QED) is 0.652. The van der Waals surface area contributed by atoms with E-state index in [0.717, 1.165) is 19.1 Å². The third-order valence-corrected chi connectivity index (χ3v) is 2.52. The number of rotatable bonds is 8. The van der Waals surface area contributed by atoms with Crippen molar-refractivity contribution in [2.75, 3.05) is 13.2 Å². The lowest BCUT2D eigenvalue weighted by molar-refractivity contribution is 0.0442. The predicted octanol–water partition coefficient (Wildman–Crippen LogP) is 2.83. The van der Waals surface area contributed by atoms with Crippen molar-refractivity contribution in [1.82, 2.24) is 5.32 Å². The van der Waals surface area contributed by atoms with Gasteiger partial charge in [0.25, 0.3) is 0 Å². The minimum absolute atomic E-state index is 0.332. The maximum Gasteiger partial charge on any atom is 0.0699 e. The topological polar surface area (TPSA) is 21.3 Å². The van der Waals surface area contributed by atoms with Crippen molar-refractivity contribution >= 4 is 0 Å². The first kappa shape index (κ1) is 13.9. The van der Waals surface area contributed by atoms with Crippen LogP contribution in [0.3, 0.4) is 0 Å². The monoisotopic (exact) mass is 201 g/mol. The highest BCUT2D eigenvalue weighted by Gasteiger charge is 2.16. The summed E-state index contributed by atoms with van der Waals surface area (Å²) in [4.78, 5) is 0. The Balaban J connectivity index is 3.86. The summed E-state index contributed by atoms with van der Waals surface area (Å²) in [5, 5.41) is 3.50. The van der Waals surface area contributed by atoms with Crippen LogP contribution in [0.25, 0.3) is 0 Å². The maximum absolute atomic E-state index is 5.63. The molecule has 0 fully saturated rings. The Hall–Kier alpha value is -0.0800. The molecule has 1 N–H and O–H groups in total. The summed E-state index contributed by atoms with van der Waals surface area (Å²) >= 11 is 0. The Kier molecular flexibility index (Phi) is 8.20. The molecule has 0 aliphatic carbocycles. The van der Waals surface area contributed by atoms with Crippen LogP contribution in [0.2, 0.25) is 0 Å². The van der Waals surface area contributed by atoms with Crippen molar-refractivity contribution in [1.29, 1.82) is 0 Å². The van der Waals surface area contributed by atoms with Crippen molar-refractivity contribution in [3.8, 4) is 0 Å². The molecule has 86 valence electrons. The van der Waals surface area contributed by atoms with E-state index in [2.05, 4.69) is 39.9 Å². The van der Waals surface area contributed by atoms with Gasteiger partial charge in [0.1, 0.15) is 0 Å². The van der Waals surface area contributed by atoms with Gasteiger partial charge < -0.3 is 10.1 Å². The second-order valence-corrected chi connectivity index (χ2v) is 4.30. The summed E-state index contributed by atoms with van der Waals surface area (Å²) < 4.78 is 5.63. The van der Waals surface area contributed by atoms with Crippen LogP contribution in [-0.2, 0) is 4.74 Å². The number of likely N-dealkylation sites (N-methyl/N-ethyl adjacent to an activating group) is 1. The van der Waals surface area contributed by atoms with E-state index in [1.54, 1.807) is 0 Å². The molecule has 0 heterocycles. The molecule has 0 aliphatic rings. The average molecular weight is 201 g/mol. The standard InChI is InChI=1S/C12H27NO/c1-6-13-12(9-8-10(3)4)11(5)14-7-2/h10-13H,6-9H2,1-5H3. The molecule has 0 saturated carbocycles. The molecular weight excluding hydrogens is 174 g/mol. The van der Waals surface area contributed by atoms with Gasteiger partial charge in [-0.05, 0) is 39.2 Å². The van der Waals surface area contributed by atoms with E-state index in [9.17, 15) is 0 Å². The molecule has 0 aromatic heterocycles. The number of ether oxygens (including phenoxy) is 1. The largest absolute Gasteiger partial charge is 0.377 e. The SMILES string of the molecule is CCNC(CCC(C)C)C(C)OCC. The van der Waals surface area contributed by atoms with Gasteiger partial charge in [0.2, 0.25) is 0 Å². The normalized spacial score (nSPS) is 15.9. The second-order valence-electron chi connectivity index (χ2n) is 4.30. The first-order valence-electron chi connectivity index (χ1n) is 5.96. The Morgan fingerprint density at radius 1 is 1.07 bits per heavy atom. The maximum atomic E-state index is 5.63. The van der Waals surface area contributed by atoms with E-state index in [4.69, 9.17) is 4.74 Å². The highest BCUT2D eigenvalue weighted by molar-refractivity contribution is 4.73. The molecule has 0 aromatic carbocycles. The molecule has 2 atom stereocenters. The van der Waals surface area contributed by atoms with Crippen molar-refractivity contribution in [2.45, 2.75) is 59.6 Å². The molecule has 0 spiro atoms. The van der Waals surface area contributed by atoms with E-state index in [1.807, 2.05) is 0 Å². The van der Waals surface area contributed by atoms with E-state index in [-0.39, 0.29) is 0 Å². The fourth-order valence-electron chi connectivity index (χ4n) is 1.66. The molecule has 0 amide bonds. The summed E-state index contributed by atoms with van der Waals surface area (Å²) in [6, 6.07) is 0.516. The van der Waals surface area contributed by atoms with Crippen LogP contribution in [0.15, 0.2) is 0 Å². The lowest BCUT2D eigenvalue weighted by atomic mass is 10.00. The van der Waals surface area contributed by atoms with Gasteiger partial charge in [0, 0.05) is 12.6 Å². The minimum atomic E-state index is 0.332. The fourth-order valence-corrected chi connectivity index (χ4v) is 1.66. The van der Waals surface area contributed by atoms with Crippen LogP contribution < -0.4 is 5.32 Å². The van der Waals surface area contributed by atoms with E-state index < -0.39 is 0 Å². The molecule has 0 rings (SSSR count). The molecular formula is C12H27NO. The van der Waals surface area contributed by atoms with Gasteiger partial charge in [-0.25, -0.2) is 0 Å². The zero-order chi connectivity index (χ0) is 11.0. The predicted molar refractivity (Wildman–Crippen MR) is 62.6 cm³/mol. The van der Waals surface area contributed by atoms with Crippen LogP contribution in [-0.4, -0.2) is 25.3 Å². The van der Waals surface area contributed by atoms with Gasteiger partial charge in [-0.3, -0.25) is 0 Å². The molecule has 0 aromatic rings. The molecule has 2 nitrogen and oxygen atoms in total. The van der Waals surface area contributed by atoms with Crippen LogP contribution in [0.1, 0.15) is 47.5 Å². The van der Waals surface area contributed by atoms with Gasteiger partial charge >= 0.3 is 0 Å². The summed E-state index contributed by atoms with van der Waals surface area (Å²) in [5.74, 6) is 0.782. The third kappa shape index (κ3) is 6.39. The summed E-state index contributed by atoms with van der Waals surface area (Å²) in [6.07, 6.45) is 2.82. The molecule has 2 heteroatoms. The van der Waals surface area contributed by atoms with Gasteiger partial charge in [-0.15, -0.1) is 0 Å². The molecule has 0 bridgehead atoms. The summed E-state index contributed by atoms with van der Waals surface area (Å²) in [7, 11) is 0. The molecule has 0 saturated heterocycles. The zero-order valence-corrected chi connectivity index (χ0v) is 10.5. The van der Waals surface area contributed by atoms with Crippen molar-refractivity contribution < 1.29 is 4.74 Å². The van der Waals surface area contributed by atoms with Crippen molar-refractivity contribution in [2.24, 2.45) is 5.92 Å². The molecule has 14 heavy (non-hydrogen) atoms. The highest BCUT2D eigenvalue weighted by atomic mass is 16.5. The van der Waals surface area contributed by atoms with Crippen molar-refractivity contribution in [3.63, 3.8) is 0 Å². The third-order valence-electron chi connectivity index (χ3n) is 2.52. The van der Waals surface area contributed by atoms with Crippen molar-refractivity contribution in [3.05, 3.63) is 0 Å². The molecule has 0 radical (unpaired) electrons. The van der Waals surface area contributed by atoms with E-state index in [1.165, 1.54) is 12.8 Å². The first-order chi connectivity index (χ1) is 6.61. The number of hydrogen-bond acceptors (Lipinski definition) is 2. The van der Waals surface area contributed by atoms with Gasteiger partial charge in [0.05, 0.1) is 6.10 Å². The average Bonchev–Trinajstić information content (AvgIpc) is 2.12. The van der Waals surface area contributed by atoms with Crippen LogP contribution in [0.4, 0.5) is 0 Å². The highest BCUT2D eigenvalue weighted by Crippen LogP contribution is 2.11. The number of hydrogen-bond donors (Lipinski definition) is 1. The van der Waals surface area contributed by atoms with E-state index >= 15 is 0 Å². The Morgan fingerprint density at radius 3 is 2.14 bits per heavy atom. The number of nitrogens with one attached hydrogen (secondary N) is 1. The van der Waals surface area contributed by atoms with Gasteiger partial charge in [-0.1, -0.05) is 20.8 Å². The first-order valence-corrected chi connectivity index (χ1v) is 5.96. The van der Waals surface area contributed by atoms with Gasteiger partial charge in [0.15, 0.2) is 0 Å². The fraction of sp³-hybridized carbons (Fsp3) is 1.00. The minimum Gasteiger partial charge on any atom is -0.377 e. The Labute approximate surface area is 89.4 Å². The summed E-state index contributed by atoms with van der Waals surface area (Å²) in [6.45, 7) is 12.8. The lowest BCUT2D eigenvalue weighted by Gasteiger charge is -2.25. The Morgan fingerprint density at radius 2 is 1.71 bits per heavy atom. The second kappa shape index (κ2) is 8.25. The smallest absolute Gasteiger partial charge is 0.0699 e. The summed E-state index contributed by atoms with van der Waals surface area (Å²) in [5.41, 5.74) is 0. The zero-order valence-electron chi connectivity index (χ0n) is 10.5.